The number of carbonyl (C=O) groups excluding carboxylic acids is 1. The molecule has 0 aliphatic rings. The number of hydrogen-bond donors (Lipinski definition) is 0. The second-order valence-electron chi connectivity index (χ2n) is 1.78. The molecule has 0 saturated heterocycles. The van der Waals surface area contributed by atoms with Gasteiger partial charge in [0.15, 0.2) is 0 Å². The highest BCUT2D eigenvalue weighted by molar-refractivity contribution is 5.73. The van der Waals surface area contributed by atoms with Crippen molar-refractivity contribution in [3.8, 4) is 0 Å². The molecule has 0 aromatic carbocycles. The number of allylic oxidation sites excluding steroid dienone is 1. The van der Waals surface area contributed by atoms with Crippen molar-refractivity contribution in [2.24, 2.45) is 0 Å². The van der Waals surface area contributed by atoms with Gasteiger partial charge in [0, 0.05) is 18.0 Å². The first-order valence-corrected chi connectivity index (χ1v) is 2.92. The Morgan fingerprint density at radius 3 is 2.55 bits per heavy atom. The van der Waals surface area contributed by atoms with Gasteiger partial charge < -0.3 is 0 Å². The first-order chi connectivity index (χ1) is 5.33. The summed E-state index contributed by atoms with van der Waals surface area (Å²) in [5.74, 6) is 0. The summed E-state index contributed by atoms with van der Waals surface area (Å²) < 4.78 is 12.1. The number of rotatable bonds is 2. The Kier molecular flexibility index (Phi) is 2.43. The van der Waals surface area contributed by atoms with Gasteiger partial charge in [0.05, 0.1) is 0 Å². The molecule has 0 amide bonds. The van der Waals surface area contributed by atoms with Gasteiger partial charge >= 0.3 is 6.08 Å². The van der Waals surface area contributed by atoms with Gasteiger partial charge in [-0.1, -0.05) is 0 Å². The zero-order valence-electron chi connectivity index (χ0n) is 5.57. The summed E-state index contributed by atoms with van der Waals surface area (Å²) in [6.07, 6.45) is 5.23. The fourth-order valence-corrected chi connectivity index (χ4v) is 0.559. The van der Waals surface area contributed by atoms with E-state index in [0.717, 1.165) is 0 Å². The Morgan fingerprint density at radius 2 is 2.00 bits per heavy atom. The van der Waals surface area contributed by atoms with Gasteiger partial charge in [-0.2, -0.15) is 4.39 Å². The summed E-state index contributed by atoms with van der Waals surface area (Å²) in [6.45, 7) is 0. The van der Waals surface area contributed by atoms with Crippen LogP contribution in [0, 0.1) is 6.08 Å². The maximum absolute atomic E-state index is 12.1. The first-order valence-electron chi connectivity index (χ1n) is 2.92. The first kappa shape index (κ1) is 7.53. The third-order valence-electron chi connectivity index (χ3n) is 1.01. The van der Waals surface area contributed by atoms with E-state index in [2.05, 4.69) is 9.97 Å². The zero-order chi connectivity index (χ0) is 8.10. The predicted octanol–water partition coefficient (Wildman–Crippen LogP) is 0.828. The summed E-state index contributed by atoms with van der Waals surface area (Å²) in [6, 6.07) is 0. The van der Waals surface area contributed by atoms with Crippen molar-refractivity contribution in [3.63, 3.8) is 0 Å². The van der Waals surface area contributed by atoms with Crippen LogP contribution in [0.3, 0.4) is 0 Å². The molecule has 56 valence electrons. The predicted molar refractivity (Wildman–Crippen MR) is 37.1 cm³/mol. The van der Waals surface area contributed by atoms with Crippen molar-refractivity contribution in [1.82, 2.24) is 9.97 Å². The van der Waals surface area contributed by atoms with Crippen LogP contribution in [-0.4, -0.2) is 16.3 Å². The number of nitrogens with zero attached hydrogens (tertiary/aromatic N) is 2. The molecule has 1 rings (SSSR count). The van der Waals surface area contributed by atoms with E-state index < -0.39 is 6.08 Å². The average molecular weight is 152 g/mol. The minimum atomic E-state index is -0.770. The lowest BCUT2D eigenvalue weighted by molar-refractivity contribution is -0.104. The van der Waals surface area contributed by atoms with Crippen LogP contribution in [0.4, 0.5) is 4.39 Å². The number of halogens is 1. The van der Waals surface area contributed by atoms with Crippen molar-refractivity contribution in [2.75, 3.05) is 0 Å². The molecule has 0 N–H and O–H groups in total. The van der Waals surface area contributed by atoms with E-state index in [9.17, 15) is 9.18 Å². The highest BCUT2D eigenvalue weighted by atomic mass is 19.1. The van der Waals surface area contributed by atoms with E-state index in [1.165, 1.54) is 24.5 Å². The number of hydrogen-bond acceptors (Lipinski definition) is 3. The van der Waals surface area contributed by atoms with Gasteiger partial charge in [-0.15, -0.1) is 0 Å². The van der Waals surface area contributed by atoms with E-state index in [-0.39, 0.29) is 0 Å². The molecule has 3 nitrogen and oxygen atoms in total. The van der Waals surface area contributed by atoms with Crippen LogP contribution < -0.4 is 0 Å². The lowest BCUT2D eigenvalue weighted by atomic mass is 10.3. The van der Waals surface area contributed by atoms with Crippen LogP contribution in [0.2, 0.25) is 0 Å². The molecule has 1 heterocycles. The molecular formula is C7H5FN2O. The molecule has 0 spiro atoms. The second kappa shape index (κ2) is 3.55. The van der Waals surface area contributed by atoms with Gasteiger partial charge in [0.1, 0.15) is 6.29 Å². The van der Waals surface area contributed by atoms with Crippen LogP contribution >= 0.6 is 0 Å². The number of aldehydes is 1. The molecule has 0 aliphatic heterocycles. The Labute approximate surface area is 62.6 Å². The van der Waals surface area contributed by atoms with Crippen LogP contribution in [0.1, 0.15) is 5.56 Å². The molecule has 0 radical (unpaired) electrons. The van der Waals surface area contributed by atoms with Crippen molar-refractivity contribution in [3.05, 3.63) is 30.1 Å². The summed E-state index contributed by atoms with van der Waals surface area (Å²) in [5.41, 5.74) is 0.596. The van der Waals surface area contributed by atoms with E-state index in [1.807, 2.05) is 0 Å². The maximum atomic E-state index is 12.1. The number of aromatic nitrogens is 2. The van der Waals surface area contributed by atoms with Gasteiger partial charge in [0.2, 0.25) is 0 Å². The van der Waals surface area contributed by atoms with Gasteiger partial charge in [-0.05, 0) is 12.2 Å². The quantitative estimate of drug-likeness (QED) is 0.358. The highest BCUT2D eigenvalue weighted by Gasteiger charge is 1.89. The van der Waals surface area contributed by atoms with Crippen LogP contribution in [0.25, 0.3) is 6.08 Å². The molecule has 0 aliphatic carbocycles. The van der Waals surface area contributed by atoms with E-state index in [4.69, 9.17) is 0 Å². The number of carbonyl (C=O) groups is 1. The summed E-state index contributed by atoms with van der Waals surface area (Å²) in [7, 11) is 0. The van der Waals surface area contributed by atoms with Crippen molar-refractivity contribution < 1.29 is 9.18 Å². The Bertz CT molecular complexity index is 268. The summed E-state index contributed by atoms with van der Waals surface area (Å²) >= 11 is 0. The topological polar surface area (TPSA) is 42.9 Å². The van der Waals surface area contributed by atoms with Crippen LogP contribution in [-0.2, 0) is 4.79 Å². The Morgan fingerprint density at radius 1 is 1.36 bits per heavy atom. The van der Waals surface area contributed by atoms with Crippen LogP contribution in [0.15, 0.2) is 18.5 Å². The zero-order valence-corrected chi connectivity index (χ0v) is 5.57. The molecule has 0 saturated carbocycles. The fourth-order valence-electron chi connectivity index (χ4n) is 0.559. The molecule has 11 heavy (non-hydrogen) atoms. The third kappa shape index (κ3) is 2.25. The molecule has 0 fully saturated rings. The van der Waals surface area contributed by atoms with Crippen molar-refractivity contribution in [2.45, 2.75) is 0 Å². The van der Waals surface area contributed by atoms with Crippen molar-refractivity contribution >= 4 is 12.4 Å². The molecule has 4 heteroatoms. The van der Waals surface area contributed by atoms with E-state index >= 15 is 0 Å². The largest absolute Gasteiger partial charge is 0.308 e. The molecule has 0 atom stereocenters. The maximum Gasteiger partial charge on any atom is 0.308 e. The standard InChI is InChI=1S/C7H5FN2O/c8-7-9-4-6(5-10-7)2-1-3-11/h1-5H. The van der Waals surface area contributed by atoms with Crippen molar-refractivity contribution in [1.29, 1.82) is 0 Å². The second-order valence-corrected chi connectivity index (χ2v) is 1.78. The highest BCUT2D eigenvalue weighted by Crippen LogP contribution is 1.96. The Balaban J connectivity index is 2.81. The molecular weight excluding hydrogens is 147 g/mol. The molecule has 0 unspecified atom stereocenters. The van der Waals surface area contributed by atoms with Gasteiger partial charge in [-0.3, -0.25) is 4.79 Å². The molecule has 0 bridgehead atoms. The van der Waals surface area contributed by atoms with Gasteiger partial charge in [0.25, 0.3) is 0 Å². The summed E-state index contributed by atoms with van der Waals surface area (Å²) in [4.78, 5) is 16.4. The SMILES string of the molecule is O=CC=Cc1cnc(F)nc1. The fraction of sp³-hybridized carbons (Fsp3) is 0. The summed E-state index contributed by atoms with van der Waals surface area (Å²) in [5, 5.41) is 0. The normalized spacial score (nSPS) is 10.3. The minimum Gasteiger partial charge on any atom is -0.299 e. The molecule has 1 aromatic heterocycles. The Hall–Kier alpha value is -1.58. The van der Waals surface area contributed by atoms with E-state index in [1.54, 1.807) is 0 Å². The molecule has 1 aromatic rings. The van der Waals surface area contributed by atoms with Crippen LogP contribution in [0.5, 0.6) is 0 Å². The minimum absolute atomic E-state index is 0.596. The van der Waals surface area contributed by atoms with E-state index in [0.29, 0.717) is 11.8 Å². The third-order valence-corrected chi connectivity index (χ3v) is 1.01. The lowest BCUT2D eigenvalue weighted by Gasteiger charge is -1.88. The van der Waals surface area contributed by atoms with Gasteiger partial charge in [-0.25, -0.2) is 9.97 Å². The lowest BCUT2D eigenvalue weighted by Crippen LogP contribution is -1.87. The monoisotopic (exact) mass is 152 g/mol. The average Bonchev–Trinajstić information content (AvgIpc) is 2.04. The smallest absolute Gasteiger partial charge is 0.299 e.